The Bertz CT molecular complexity index is 925. The molecule has 0 bridgehead atoms. The molecule has 2 aromatic rings. The zero-order valence-corrected chi connectivity index (χ0v) is 16.6. The summed E-state index contributed by atoms with van der Waals surface area (Å²) in [5.74, 6) is -0.664. The van der Waals surface area contributed by atoms with E-state index in [0.29, 0.717) is 5.57 Å². The lowest BCUT2D eigenvalue weighted by molar-refractivity contribution is -0.124. The summed E-state index contributed by atoms with van der Waals surface area (Å²) in [6.45, 7) is 0. The Morgan fingerprint density at radius 2 is 1.62 bits per heavy atom. The van der Waals surface area contributed by atoms with Gasteiger partial charge in [-0.25, -0.2) is 5.48 Å². The number of nitrogens with one attached hydrogen (secondary N) is 2. The van der Waals surface area contributed by atoms with Crippen LogP contribution in [0.15, 0.2) is 54.6 Å². The van der Waals surface area contributed by atoms with Crippen LogP contribution in [0.4, 0.5) is 5.69 Å². The molecule has 6 nitrogen and oxygen atoms in total. The van der Waals surface area contributed by atoms with Gasteiger partial charge in [-0.05, 0) is 53.8 Å². The summed E-state index contributed by atoms with van der Waals surface area (Å²) in [4.78, 5) is 25.9. The Kier molecular flexibility index (Phi) is 6.46. The third kappa shape index (κ3) is 5.80. The van der Waals surface area contributed by atoms with Gasteiger partial charge in [-0.15, -0.1) is 0 Å². The van der Waals surface area contributed by atoms with Crippen molar-refractivity contribution in [2.24, 2.45) is 0 Å². The molecule has 0 heterocycles. The summed E-state index contributed by atoms with van der Waals surface area (Å²) in [7, 11) is 3.96. The van der Waals surface area contributed by atoms with E-state index in [2.05, 4.69) is 5.32 Å². The first kappa shape index (κ1) is 20.4. The minimum Gasteiger partial charge on any atom is -0.378 e. The van der Waals surface area contributed by atoms with Crippen LogP contribution < -0.4 is 15.7 Å². The highest BCUT2D eigenvalue weighted by Gasteiger charge is 2.25. The number of rotatable bonds is 7. The number of nitrogens with zero attached hydrogens (tertiary/aromatic N) is 1. The monoisotopic (exact) mass is 391 g/mol. The quantitative estimate of drug-likeness (QED) is 0.293. The average Bonchev–Trinajstić information content (AvgIpc) is 3.55. The van der Waals surface area contributed by atoms with Crippen LogP contribution in [0.2, 0.25) is 0 Å². The summed E-state index contributed by atoms with van der Waals surface area (Å²) in [5, 5.41) is 11.6. The van der Waals surface area contributed by atoms with Crippen LogP contribution in [0.5, 0.6) is 0 Å². The first-order valence-corrected chi connectivity index (χ1v) is 9.49. The van der Waals surface area contributed by atoms with Crippen LogP contribution in [0.25, 0.3) is 17.7 Å². The molecule has 1 aliphatic rings. The number of amides is 2. The van der Waals surface area contributed by atoms with Crippen LogP contribution >= 0.6 is 0 Å². The van der Waals surface area contributed by atoms with Gasteiger partial charge in [0.2, 0.25) is 0 Å². The van der Waals surface area contributed by atoms with Crippen molar-refractivity contribution < 1.29 is 14.8 Å². The molecule has 29 heavy (non-hydrogen) atoms. The van der Waals surface area contributed by atoms with Crippen LogP contribution in [0, 0.1) is 0 Å². The number of anilines is 1. The van der Waals surface area contributed by atoms with E-state index in [9.17, 15) is 9.59 Å². The fourth-order valence-corrected chi connectivity index (χ4v) is 2.79. The van der Waals surface area contributed by atoms with Crippen molar-refractivity contribution in [1.29, 1.82) is 0 Å². The van der Waals surface area contributed by atoms with Gasteiger partial charge >= 0.3 is 0 Å². The molecule has 150 valence electrons. The van der Waals surface area contributed by atoms with Crippen molar-refractivity contribution in [3.63, 3.8) is 0 Å². The Morgan fingerprint density at radius 3 is 2.17 bits per heavy atom. The zero-order chi connectivity index (χ0) is 20.8. The minimum absolute atomic E-state index is 0.0753. The maximum Gasteiger partial charge on any atom is 0.267 e. The summed E-state index contributed by atoms with van der Waals surface area (Å²) in [6.07, 6.45) is 6.77. The second-order valence-electron chi connectivity index (χ2n) is 7.22. The van der Waals surface area contributed by atoms with Crippen molar-refractivity contribution >= 4 is 35.2 Å². The normalized spacial score (nSPS) is 14.0. The van der Waals surface area contributed by atoms with Crippen LogP contribution in [0.1, 0.15) is 29.5 Å². The highest BCUT2D eigenvalue weighted by molar-refractivity contribution is 6.24. The molecule has 1 saturated carbocycles. The summed E-state index contributed by atoms with van der Waals surface area (Å²) < 4.78 is 0. The molecule has 0 saturated heterocycles. The lowest BCUT2D eigenvalue weighted by atomic mass is 10.0. The number of carbonyl (C=O) groups excluding carboxylic acids is 2. The van der Waals surface area contributed by atoms with Crippen molar-refractivity contribution in [3.05, 3.63) is 71.3 Å². The Labute approximate surface area is 170 Å². The van der Waals surface area contributed by atoms with Crippen molar-refractivity contribution in [1.82, 2.24) is 10.8 Å². The lowest BCUT2D eigenvalue weighted by Gasteiger charge is -2.14. The summed E-state index contributed by atoms with van der Waals surface area (Å²) in [5.41, 5.74) is 5.79. The molecule has 1 aliphatic carbocycles. The van der Waals surface area contributed by atoms with Gasteiger partial charge in [-0.1, -0.05) is 36.4 Å². The van der Waals surface area contributed by atoms with Gasteiger partial charge in [0.15, 0.2) is 0 Å². The molecule has 0 spiro atoms. The van der Waals surface area contributed by atoms with E-state index in [1.54, 1.807) is 11.6 Å². The van der Waals surface area contributed by atoms with Gasteiger partial charge < -0.3 is 10.2 Å². The molecule has 0 unspecified atom stereocenters. The topological polar surface area (TPSA) is 81.7 Å². The highest BCUT2D eigenvalue weighted by atomic mass is 16.5. The van der Waals surface area contributed by atoms with E-state index in [1.165, 1.54) is 6.08 Å². The van der Waals surface area contributed by atoms with Crippen LogP contribution in [0.3, 0.4) is 0 Å². The predicted octanol–water partition coefficient (Wildman–Crippen LogP) is 3.09. The van der Waals surface area contributed by atoms with E-state index in [0.717, 1.165) is 35.2 Å². The molecule has 0 radical (unpaired) electrons. The number of carbonyl (C=O) groups is 2. The lowest BCUT2D eigenvalue weighted by Crippen LogP contribution is -2.26. The van der Waals surface area contributed by atoms with E-state index in [-0.39, 0.29) is 11.9 Å². The molecule has 6 heteroatoms. The van der Waals surface area contributed by atoms with E-state index in [4.69, 9.17) is 5.21 Å². The minimum atomic E-state index is -0.589. The summed E-state index contributed by atoms with van der Waals surface area (Å²) >= 11 is 0. The van der Waals surface area contributed by atoms with Crippen molar-refractivity contribution in [2.75, 3.05) is 19.0 Å². The smallest absolute Gasteiger partial charge is 0.267 e. The van der Waals surface area contributed by atoms with Crippen LogP contribution in [-0.2, 0) is 9.59 Å². The third-order valence-corrected chi connectivity index (χ3v) is 4.64. The van der Waals surface area contributed by atoms with E-state index >= 15 is 0 Å². The molecule has 3 rings (SSSR count). The molecule has 0 atom stereocenters. The molecular weight excluding hydrogens is 366 g/mol. The SMILES string of the molecule is CN(C)c1ccc(/C(=C/c2ccc(/C=C/C(=O)NO)cc2)C(=O)NC2CC2)cc1. The molecule has 0 aliphatic heterocycles. The summed E-state index contributed by atoms with van der Waals surface area (Å²) in [6, 6.07) is 15.6. The Hall–Kier alpha value is -3.38. The van der Waals surface area contributed by atoms with Gasteiger partial charge in [-0.3, -0.25) is 14.8 Å². The second kappa shape index (κ2) is 9.21. The van der Waals surface area contributed by atoms with Crippen molar-refractivity contribution in [2.45, 2.75) is 18.9 Å². The molecular formula is C23H25N3O3. The van der Waals surface area contributed by atoms with E-state index < -0.39 is 5.91 Å². The second-order valence-corrected chi connectivity index (χ2v) is 7.22. The fourth-order valence-electron chi connectivity index (χ4n) is 2.79. The molecule has 1 fully saturated rings. The van der Waals surface area contributed by atoms with Crippen LogP contribution in [-0.4, -0.2) is 37.2 Å². The Morgan fingerprint density at radius 1 is 1.00 bits per heavy atom. The highest BCUT2D eigenvalue weighted by Crippen LogP contribution is 2.25. The van der Waals surface area contributed by atoms with Crippen molar-refractivity contribution in [3.8, 4) is 0 Å². The van der Waals surface area contributed by atoms with Gasteiger partial charge in [-0.2, -0.15) is 0 Å². The third-order valence-electron chi connectivity index (χ3n) is 4.64. The Balaban J connectivity index is 1.86. The maximum atomic E-state index is 12.8. The number of hydrogen-bond acceptors (Lipinski definition) is 4. The average molecular weight is 391 g/mol. The first-order valence-electron chi connectivity index (χ1n) is 9.49. The molecule has 3 N–H and O–H groups in total. The van der Waals surface area contributed by atoms with Gasteiger partial charge in [0.25, 0.3) is 11.8 Å². The molecule has 2 amide bonds. The van der Waals surface area contributed by atoms with Gasteiger partial charge in [0.1, 0.15) is 0 Å². The first-order chi connectivity index (χ1) is 14.0. The number of hydroxylamine groups is 1. The fraction of sp³-hybridized carbons (Fsp3) is 0.217. The zero-order valence-electron chi connectivity index (χ0n) is 16.6. The predicted molar refractivity (Wildman–Crippen MR) is 115 cm³/mol. The number of hydrogen-bond donors (Lipinski definition) is 3. The molecule has 2 aromatic carbocycles. The maximum absolute atomic E-state index is 12.8. The number of benzene rings is 2. The van der Waals surface area contributed by atoms with E-state index in [1.807, 2.05) is 73.6 Å². The molecule has 0 aromatic heterocycles. The standard InChI is InChI=1S/C23H25N3O3/c1-26(2)20-12-8-18(9-13-20)21(23(28)24-19-10-11-19)15-17-5-3-16(4-6-17)7-14-22(27)25-29/h3-9,12-15,19,29H,10-11H2,1-2H3,(H,24,28)(H,25,27)/b14-7+,21-15-. The van der Waals surface area contributed by atoms with Gasteiger partial charge in [0.05, 0.1) is 0 Å². The largest absolute Gasteiger partial charge is 0.378 e. The van der Waals surface area contributed by atoms with Gasteiger partial charge in [0, 0.05) is 37.5 Å².